The van der Waals surface area contributed by atoms with E-state index < -0.39 is 6.09 Å². The molecule has 0 saturated carbocycles. The van der Waals surface area contributed by atoms with Gasteiger partial charge in [0.25, 0.3) is 0 Å². The van der Waals surface area contributed by atoms with Crippen LogP contribution in [-0.4, -0.2) is 6.09 Å². The number of rotatable bonds is 1. The molecule has 40 valence electrons. The zero-order chi connectivity index (χ0) is 5.70. The highest BCUT2D eigenvalue weighted by molar-refractivity contribution is 5.65. The molecule has 6 heteroatoms. The molecular weight excluding hydrogens is 102 g/mol. The van der Waals surface area contributed by atoms with E-state index in [2.05, 4.69) is 10.7 Å². The van der Waals surface area contributed by atoms with E-state index in [4.69, 9.17) is 4.91 Å². The molecule has 0 aliphatic heterocycles. The van der Waals surface area contributed by atoms with Crippen LogP contribution in [0.1, 0.15) is 0 Å². The molecule has 0 rings (SSSR count). The van der Waals surface area contributed by atoms with Gasteiger partial charge in [-0.1, -0.05) is 0 Å². The molecule has 1 amide bonds. The fraction of sp³-hybridized carbons (Fsp3) is 0. The van der Waals surface area contributed by atoms with Gasteiger partial charge in [0.05, 0.1) is 0 Å². The third-order valence-corrected chi connectivity index (χ3v) is 0.238. The topological polar surface area (TPSA) is 93.8 Å². The molecule has 0 bridgehead atoms. The number of carbonyl (C=O) groups is 1. The predicted molar refractivity (Wildman–Crippen MR) is 19.6 cm³/mol. The lowest BCUT2D eigenvalue weighted by atomic mass is 11.3. The van der Waals surface area contributed by atoms with Crippen LogP contribution in [0, 0.1) is 4.91 Å². The summed E-state index contributed by atoms with van der Waals surface area (Å²) in [5.41, 5.74) is 1.51. The molecule has 0 heterocycles. The second-order valence-electron chi connectivity index (χ2n) is 0.598. The van der Waals surface area contributed by atoms with Crippen LogP contribution >= 0.6 is 0 Å². The molecule has 0 aliphatic rings. The normalized spacial score (nSPS) is 7.00. The molecular formula is CH3N3O3. The summed E-state index contributed by atoms with van der Waals surface area (Å²) in [6.45, 7) is 0. The molecule has 0 spiro atoms. The van der Waals surface area contributed by atoms with E-state index in [9.17, 15) is 4.79 Å². The fourth-order valence-corrected chi connectivity index (χ4v) is 0.0602. The second-order valence-corrected chi connectivity index (χ2v) is 0.598. The lowest BCUT2D eigenvalue weighted by Crippen LogP contribution is -2.29. The van der Waals surface area contributed by atoms with Gasteiger partial charge in [-0.05, 0) is 0 Å². The van der Waals surface area contributed by atoms with Crippen molar-refractivity contribution in [3.05, 3.63) is 4.91 Å². The van der Waals surface area contributed by atoms with Crippen molar-refractivity contribution in [1.29, 1.82) is 0 Å². The van der Waals surface area contributed by atoms with Crippen molar-refractivity contribution >= 4 is 6.09 Å². The Morgan fingerprint density at radius 1 is 1.86 bits per heavy atom. The summed E-state index contributed by atoms with van der Waals surface area (Å²) < 4.78 is 0. The van der Waals surface area contributed by atoms with Gasteiger partial charge in [-0.15, -0.1) is 4.91 Å². The highest BCUT2D eigenvalue weighted by Gasteiger charge is 1.92. The smallest absolute Gasteiger partial charge is 0.262 e. The third kappa shape index (κ3) is 2.64. The van der Waals surface area contributed by atoms with Crippen LogP contribution in [0.3, 0.4) is 0 Å². The number of nitrogens with one attached hydrogen (secondary N) is 1. The van der Waals surface area contributed by atoms with Crippen LogP contribution in [0.25, 0.3) is 0 Å². The maximum absolute atomic E-state index is 9.66. The first-order chi connectivity index (χ1) is 3.31. The summed E-state index contributed by atoms with van der Waals surface area (Å²) in [4.78, 5) is 22.0. The molecule has 3 N–H and O–H groups in total. The zero-order valence-electron chi connectivity index (χ0n) is 3.25. The largest absolute Gasteiger partial charge is 0.450 e. The Kier molecular flexibility index (Phi) is 2.53. The monoisotopic (exact) mass is 105 g/mol. The van der Waals surface area contributed by atoms with E-state index in [0.29, 0.717) is 0 Å². The summed E-state index contributed by atoms with van der Waals surface area (Å²) in [6, 6.07) is 0. The summed E-state index contributed by atoms with van der Waals surface area (Å²) in [7, 11) is 0. The van der Waals surface area contributed by atoms with Crippen LogP contribution in [0.4, 0.5) is 4.79 Å². The molecule has 6 nitrogen and oxygen atoms in total. The first kappa shape index (κ1) is 5.83. The number of carbonyl (C=O) groups excluding carboxylic acids is 1. The molecule has 0 aliphatic carbocycles. The average Bonchev–Trinajstić information content (AvgIpc) is 1.68. The number of nitrogens with two attached hydrogens (primary N) is 1. The van der Waals surface area contributed by atoms with Crippen molar-refractivity contribution in [1.82, 2.24) is 5.43 Å². The predicted octanol–water partition coefficient (Wildman–Crippen LogP) is -0.732. The third-order valence-electron chi connectivity index (χ3n) is 0.238. The van der Waals surface area contributed by atoms with Gasteiger partial charge in [0, 0.05) is 0 Å². The van der Waals surface area contributed by atoms with Gasteiger partial charge in [0.15, 0.2) is 5.34 Å². The van der Waals surface area contributed by atoms with Crippen LogP contribution in [-0.2, 0) is 4.84 Å². The molecule has 0 aromatic rings. The summed E-state index contributed by atoms with van der Waals surface area (Å²) in [5, 5.41) is 1.76. The maximum atomic E-state index is 9.66. The highest BCUT2D eigenvalue weighted by Crippen LogP contribution is 1.70. The molecule has 7 heavy (non-hydrogen) atoms. The van der Waals surface area contributed by atoms with Gasteiger partial charge < -0.3 is 0 Å². The second kappa shape index (κ2) is 3.04. The standard InChI is InChI=1S/CH3N3O3/c2-3-1(5)7-4-6/h2H2,(H,3,5). The Labute approximate surface area is 38.5 Å². The zero-order valence-corrected chi connectivity index (χ0v) is 3.25. The Balaban J connectivity index is 3.17. The summed E-state index contributed by atoms with van der Waals surface area (Å²) >= 11 is 0. The molecule has 0 atom stereocenters. The van der Waals surface area contributed by atoms with E-state index in [1.165, 1.54) is 5.43 Å². The van der Waals surface area contributed by atoms with Crippen LogP contribution < -0.4 is 11.3 Å². The van der Waals surface area contributed by atoms with E-state index in [1.54, 1.807) is 5.34 Å². The average molecular weight is 105 g/mol. The van der Waals surface area contributed by atoms with E-state index in [1.807, 2.05) is 0 Å². The lowest BCUT2D eigenvalue weighted by molar-refractivity contribution is 0.149. The molecule has 0 unspecified atom stereocenters. The first-order valence-corrected chi connectivity index (χ1v) is 1.31. The molecule has 0 aromatic heterocycles. The van der Waals surface area contributed by atoms with Crippen molar-refractivity contribution in [2.45, 2.75) is 0 Å². The van der Waals surface area contributed by atoms with Crippen LogP contribution in [0.15, 0.2) is 5.34 Å². The lowest BCUT2D eigenvalue weighted by Gasteiger charge is -1.86. The van der Waals surface area contributed by atoms with E-state index in [0.717, 1.165) is 0 Å². The van der Waals surface area contributed by atoms with Crippen molar-refractivity contribution < 1.29 is 9.63 Å². The van der Waals surface area contributed by atoms with Gasteiger partial charge in [-0.3, -0.25) is 10.3 Å². The fourth-order valence-electron chi connectivity index (χ4n) is 0.0602. The van der Waals surface area contributed by atoms with Gasteiger partial charge in [0.1, 0.15) is 0 Å². The molecule has 0 saturated heterocycles. The number of hydrazine groups is 1. The van der Waals surface area contributed by atoms with Crippen molar-refractivity contribution in [3.63, 3.8) is 0 Å². The minimum absolute atomic E-state index is 1.07. The van der Waals surface area contributed by atoms with Crippen molar-refractivity contribution in [2.24, 2.45) is 11.2 Å². The van der Waals surface area contributed by atoms with E-state index >= 15 is 0 Å². The van der Waals surface area contributed by atoms with Crippen LogP contribution in [0.5, 0.6) is 0 Å². The van der Waals surface area contributed by atoms with Gasteiger partial charge >= 0.3 is 6.09 Å². The Hall–Kier alpha value is -1.17. The number of amides is 1. The maximum Gasteiger partial charge on any atom is 0.450 e. The first-order valence-electron chi connectivity index (χ1n) is 1.31. The van der Waals surface area contributed by atoms with Gasteiger partial charge in [-0.25, -0.2) is 10.6 Å². The number of nitrogens with zero attached hydrogens (tertiary/aromatic N) is 1. The number of hydrogen-bond acceptors (Lipinski definition) is 5. The molecule has 0 aromatic carbocycles. The quantitative estimate of drug-likeness (QED) is 0.199. The minimum atomic E-state index is -1.07. The highest BCUT2D eigenvalue weighted by atomic mass is 16.8. The van der Waals surface area contributed by atoms with Crippen molar-refractivity contribution in [2.75, 3.05) is 0 Å². The van der Waals surface area contributed by atoms with E-state index in [-0.39, 0.29) is 0 Å². The summed E-state index contributed by atoms with van der Waals surface area (Å²) in [6.07, 6.45) is -1.07. The van der Waals surface area contributed by atoms with Crippen molar-refractivity contribution in [3.8, 4) is 0 Å². The SMILES string of the molecule is NNC(=O)ON=O. The summed E-state index contributed by atoms with van der Waals surface area (Å²) in [5.74, 6) is 4.43. The Morgan fingerprint density at radius 2 is 2.43 bits per heavy atom. The van der Waals surface area contributed by atoms with Gasteiger partial charge in [0.2, 0.25) is 0 Å². The Bertz CT molecular complexity index is 80.2. The van der Waals surface area contributed by atoms with Crippen LogP contribution in [0.2, 0.25) is 0 Å². The Morgan fingerprint density at radius 3 is 2.57 bits per heavy atom. The minimum Gasteiger partial charge on any atom is -0.262 e. The van der Waals surface area contributed by atoms with Gasteiger partial charge in [-0.2, -0.15) is 0 Å². The number of hydrogen-bond donors (Lipinski definition) is 2. The molecule has 0 radical (unpaired) electrons. The molecule has 0 fully saturated rings.